The molecular formula is C29H40N2O4. The number of esters is 2. The predicted molar refractivity (Wildman–Crippen MR) is 139 cm³/mol. The Kier molecular flexibility index (Phi) is 13.4. The van der Waals surface area contributed by atoms with Crippen LogP contribution in [0.15, 0.2) is 48.8 Å². The van der Waals surface area contributed by atoms with Crippen LogP contribution in [0, 0.1) is 0 Å². The molecule has 0 aliphatic carbocycles. The standard InChI is InChI=1S/C29H40N2O4/c1-4-6-7-8-9-10-11-12-13-14-28(33)35-26-21-30-29(31-22-26)25-19-17-24(18-20-25)16-15-23(3)34-27(32)5-2/h13-14,17-23H,4-12,15-16H2,1-3H3. The lowest BCUT2D eigenvalue weighted by atomic mass is 10.1. The lowest BCUT2D eigenvalue weighted by Gasteiger charge is -2.12. The number of benzene rings is 1. The van der Waals surface area contributed by atoms with Gasteiger partial charge in [0.05, 0.1) is 18.5 Å². The second-order valence-corrected chi connectivity index (χ2v) is 8.87. The fourth-order valence-electron chi connectivity index (χ4n) is 3.62. The molecule has 0 saturated carbocycles. The summed E-state index contributed by atoms with van der Waals surface area (Å²) in [5, 5.41) is 0. The number of allylic oxidation sites excluding steroid dienone is 1. The van der Waals surface area contributed by atoms with Gasteiger partial charge in [-0.2, -0.15) is 0 Å². The summed E-state index contributed by atoms with van der Waals surface area (Å²) in [7, 11) is 0. The van der Waals surface area contributed by atoms with E-state index < -0.39 is 5.97 Å². The molecule has 0 bridgehead atoms. The van der Waals surface area contributed by atoms with Crippen molar-refractivity contribution < 1.29 is 19.1 Å². The zero-order valence-corrected chi connectivity index (χ0v) is 21.5. The normalized spacial score (nSPS) is 12.0. The van der Waals surface area contributed by atoms with Crippen LogP contribution in [0.2, 0.25) is 0 Å². The highest BCUT2D eigenvalue weighted by atomic mass is 16.5. The fraction of sp³-hybridized carbons (Fsp3) is 0.517. The quantitative estimate of drug-likeness (QED) is 0.146. The first-order valence-corrected chi connectivity index (χ1v) is 13.0. The average molecular weight is 481 g/mol. The molecule has 1 atom stereocenters. The molecule has 1 aromatic heterocycles. The van der Waals surface area contributed by atoms with Gasteiger partial charge in [-0.15, -0.1) is 0 Å². The van der Waals surface area contributed by atoms with Crippen LogP contribution in [0.1, 0.15) is 90.5 Å². The molecule has 1 unspecified atom stereocenters. The van der Waals surface area contributed by atoms with E-state index in [4.69, 9.17) is 9.47 Å². The summed E-state index contributed by atoms with van der Waals surface area (Å²) in [5.74, 6) is 0.314. The molecule has 0 radical (unpaired) electrons. The number of unbranched alkanes of at least 4 members (excludes halogenated alkanes) is 7. The number of hydrogen-bond acceptors (Lipinski definition) is 6. The van der Waals surface area contributed by atoms with E-state index >= 15 is 0 Å². The van der Waals surface area contributed by atoms with Crippen molar-refractivity contribution in [1.82, 2.24) is 9.97 Å². The first-order valence-electron chi connectivity index (χ1n) is 13.0. The predicted octanol–water partition coefficient (Wildman–Crippen LogP) is 7.02. The van der Waals surface area contributed by atoms with E-state index in [1.807, 2.05) is 37.3 Å². The number of ether oxygens (including phenoxy) is 2. The summed E-state index contributed by atoms with van der Waals surface area (Å²) in [6, 6.07) is 7.98. The van der Waals surface area contributed by atoms with Crippen molar-refractivity contribution in [3.8, 4) is 17.1 Å². The van der Waals surface area contributed by atoms with Crippen LogP contribution in [-0.4, -0.2) is 28.0 Å². The molecule has 0 aliphatic heterocycles. The van der Waals surface area contributed by atoms with Crippen molar-refractivity contribution in [2.75, 3.05) is 0 Å². The van der Waals surface area contributed by atoms with Crippen LogP contribution < -0.4 is 4.74 Å². The summed E-state index contributed by atoms with van der Waals surface area (Å²) < 4.78 is 10.6. The fourth-order valence-corrected chi connectivity index (χ4v) is 3.62. The maximum absolute atomic E-state index is 12.0. The highest BCUT2D eigenvalue weighted by Crippen LogP contribution is 2.19. The summed E-state index contributed by atoms with van der Waals surface area (Å²) in [6.45, 7) is 5.93. The molecule has 0 N–H and O–H groups in total. The van der Waals surface area contributed by atoms with Gasteiger partial charge in [-0.1, -0.05) is 82.7 Å². The Bertz CT molecular complexity index is 907. The molecule has 0 fully saturated rings. The average Bonchev–Trinajstić information content (AvgIpc) is 2.87. The first kappa shape index (κ1) is 28.2. The summed E-state index contributed by atoms with van der Waals surface area (Å²) in [5.41, 5.74) is 2.04. The van der Waals surface area contributed by atoms with Crippen molar-refractivity contribution in [2.24, 2.45) is 0 Å². The van der Waals surface area contributed by atoms with Crippen molar-refractivity contribution in [1.29, 1.82) is 0 Å². The zero-order valence-electron chi connectivity index (χ0n) is 21.5. The van der Waals surface area contributed by atoms with Gasteiger partial charge in [0.2, 0.25) is 0 Å². The van der Waals surface area contributed by atoms with E-state index in [0.717, 1.165) is 36.8 Å². The number of aromatic nitrogens is 2. The SMILES string of the molecule is CCCCCCCCCC=CC(=O)Oc1cnc(-c2ccc(CCC(C)OC(=O)CC)cc2)nc1. The summed E-state index contributed by atoms with van der Waals surface area (Å²) in [6.07, 6.45) is 17.9. The molecule has 6 heteroatoms. The topological polar surface area (TPSA) is 78.4 Å². The third-order valence-electron chi connectivity index (χ3n) is 5.75. The Morgan fingerprint density at radius 3 is 2.26 bits per heavy atom. The number of carbonyl (C=O) groups excluding carboxylic acids is 2. The Morgan fingerprint density at radius 1 is 0.943 bits per heavy atom. The van der Waals surface area contributed by atoms with E-state index in [-0.39, 0.29) is 12.1 Å². The van der Waals surface area contributed by atoms with Crippen LogP contribution in [-0.2, 0) is 20.7 Å². The maximum atomic E-state index is 12.0. The lowest BCUT2D eigenvalue weighted by Crippen LogP contribution is -2.14. The molecule has 35 heavy (non-hydrogen) atoms. The van der Waals surface area contributed by atoms with Crippen LogP contribution in [0.5, 0.6) is 5.75 Å². The molecule has 1 aromatic carbocycles. The number of nitrogens with zero attached hydrogens (tertiary/aromatic N) is 2. The summed E-state index contributed by atoms with van der Waals surface area (Å²) >= 11 is 0. The molecule has 2 rings (SSSR count). The molecule has 6 nitrogen and oxygen atoms in total. The van der Waals surface area contributed by atoms with E-state index in [1.165, 1.54) is 57.0 Å². The van der Waals surface area contributed by atoms with Crippen molar-refractivity contribution in [2.45, 2.75) is 97.5 Å². The van der Waals surface area contributed by atoms with Gasteiger partial charge in [-0.3, -0.25) is 4.79 Å². The third-order valence-corrected chi connectivity index (χ3v) is 5.75. The van der Waals surface area contributed by atoms with Gasteiger partial charge in [-0.05, 0) is 38.2 Å². The number of hydrogen-bond donors (Lipinski definition) is 0. The minimum absolute atomic E-state index is 0.101. The van der Waals surface area contributed by atoms with Gasteiger partial charge in [-0.25, -0.2) is 14.8 Å². The summed E-state index contributed by atoms with van der Waals surface area (Å²) in [4.78, 5) is 32.0. The van der Waals surface area contributed by atoms with Gasteiger partial charge in [0.15, 0.2) is 11.6 Å². The third kappa shape index (κ3) is 11.8. The molecule has 0 spiro atoms. The van der Waals surface area contributed by atoms with Crippen LogP contribution in [0.3, 0.4) is 0 Å². The van der Waals surface area contributed by atoms with Gasteiger partial charge in [0.1, 0.15) is 0 Å². The van der Waals surface area contributed by atoms with Gasteiger partial charge in [0, 0.05) is 18.1 Å². The van der Waals surface area contributed by atoms with Crippen LogP contribution >= 0.6 is 0 Å². The van der Waals surface area contributed by atoms with Crippen LogP contribution in [0.25, 0.3) is 11.4 Å². The van der Waals surface area contributed by atoms with Gasteiger partial charge in [0.25, 0.3) is 0 Å². The zero-order chi connectivity index (χ0) is 25.3. The van der Waals surface area contributed by atoms with E-state index in [1.54, 1.807) is 6.92 Å². The van der Waals surface area contributed by atoms with Crippen molar-refractivity contribution >= 4 is 11.9 Å². The second kappa shape index (κ2) is 16.6. The largest absolute Gasteiger partial charge is 0.463 e. The lowest BCUT2D eigenvalue weighted by molar-refractivity contribution is -0.148. The highest BCUT2D eigenvalue weighted by molar-refractivity contribution is 5.83. The first-order chi connectivity index (χ1) is 17.0. The maximum Gasteiger partial charge on any atom is 0.335 e. The minimum Gasteiger partial charge on any atom is -0.463 e. The minimum atomic E-state index is -0.410. The van der Waals surface area contributed by atoms with E-state index in [9.17, 15) is 9.59 Å². The second-order valence-electron chi connectivity index (χ2n) is 8.87. The number of aryl methyl sites for hydroxylation is 1. The monoisotopic (exact) mass is 480 g/mol. The molecule has 0 saturated heterocycles. The van der Waals surface area contributed by atoms with Gasteiger partial charge < -0.3 is 9.47 Å². The molecule has 0 aliphatic rings. The smallest absolute Gasteiger partial charge is 0.335 e. The molecular weight excluding hydrogens is 440 g/mol. The molecule has 0 amide bonds. The van der Waals surface area contributed by atoms with Crippen molar-refractivity contribution in [3.05, 3.63) is 54.4 Å². The Hall–Kier alpha value is -3.02. The molecule has 1 heterocycles. The Labute approximate surface area is 210 Å². The highest BCUT2D eigenvalue weighted by Gasteiger charge is 2.09. The van der Waals surface area contributed by atoms with Gasteiger partial charge >= 0.3 is 11.9 Å². The van der Waals surface area contributed by atoms with Crippen molar-refractivity contribution in [3.63, 3.8) is 0 Å². The van der Waals surface area contributed by atoms with Crippen LogP contribution in [0.4, 0.5) is 0 Å². The Morgan fingerprint density at radius 2 is 1.60 bits per heavy atom. The Balaban J connectivity index is 1.72. The number of rotatable bonds is 16. The van der Waals surface area contributed by atoms with E-state index in [0.29, 0.717) is 18.0 Å². The number of carbonyl (C=O) groups is 2. The van der Waals surface area contributed by atoms with E-state index in [2.05, 4.69) is 16.9 Å². The molecule has 2 aromatic rings. The molecule has 190 valence electrons.